The van der Waals surface area contributed by atoms with Crippen LogP contribution in [0, 0.1) is 0 Å². The van der Waals surface area contributed by atoms with Gasteiger partial charge in [-0.1, -0.05) is 55.7 Å². The van der Waals surface area contributed by atoms with Crippen LogP contribution >= 0.6 is 0 Å². The standard InChI is InChI=1S/C21H26N2O2/c24-20(18-12-6-4-7-13-18)22-16-10-2-1-3-11-17-23-21(25)19-14-8-5-9-15-19/h4-9,12-15H,1-3,10-11,16-17H2,(H,22,24)(H,23,25). The van der Waals surface area contributed by atoms with Crippen LogP contribution < -0.4 is 10.6 Å². The largest absolute Gasteiger partial charge is 0.352 e. The van der Waals surface area contributed by atoms with Gasteiger partial charge in [0.05, 0.1) is 0 Å². The van der Waals surface area contributed by atoms with Crippen molar-refractivity contribution < 1.29 is 9.59 Å². The molecule has 0 unspecified atom stereocenters. The van der Waals surface area contributed by atoms with E-state index in [1.807, 2.05) is 60.7 Å². The number of hydrogen-bond donors (Lipinski definition) is 2. The lowest BCUT2D eigenvalue weighted by Crippen LogP contribution is -2.24. The zero-order chi connectivity index (χ0) is 17.7. The van der Waals surface area contributed by atoms with Crippen molar-refractivity contribution in [1.82, 2.24) is 10.6 Å². The molecule has 0 heterocycles. The first-order chi connectivity index (χ1) is 12.3. The van der Waals surface area contributed by atoms with Crippen molar-refractivity contribution in [2.24, 2.45) is 0 Å². The van der Waals surface area contributed by atoms with E-state index in [9.17, 15) is 9.59 Å². The molecule has 4 heteroatoms. The molecule has 0 aliphatic carbocycles. The Kier molecular flexibility index (Phi) is 8.25. The van der Waals surface area contributed by atoms with E-state index >= 15 is 0 Å². The average Bonchev–Trinajstić information content (AvgIpc) is 2.67. The Hall–Kier alpha value is -2.62. The normalized spacial score (nSPS) is 10.2. The second-order valence-corrected chi connectivity index (χ2v) is 6.01. The van der Waals surface area contributed by atoms with E-state index in [-0.39, 0.29) is 11.8 Å². The maximum Gasteiger partial charge on any atom is 0.251 e. The zero-order valence-corrected chi connectivity index (χ0v) is 14.5. The summed E-state index contributed by atoms with van der Waals surface area (Å²) >= 11 is 0. The summed E-state index contributed by atoms with van der Waals surface area (Å²) < 4.78 is 0. The van der Waals surface area contributed by atoms with Gasteiger partial charge < -0.3 is 10.6 Å². The fourth-order valence-corrected chi connectivity index (χ4v) is 2.57. The van der Waals surface area contributed by atoms with Gasteiger partial charge in [-0.2, -0.15) is 0 Å². The molecule has 0 saturated heterocycles. The monoisotopic (exact) mass is 338 g/mol. The Morgan fingerprint density at radius 3 is 1.32 bits per heavy atom. The van der Waals surface area contributed by atoms with Crippen LogP contribution in [0.2, 0.25) is 0 Å². The number of benzene rings is 2. The lowest BCUT2D eigenvalue weighted by molar-refractivity contribution is 0.0945. The van der Waals surface area contributed by atoms with Crippen LogP contribution in [0.4, 0.5) is 0 Å². The predicted molar refractivity (Wildman–Crippen MR) is 101 cm³/mol. The fraction of sp³-hybridized carbons (Fsp3) is 0.333. The smallest absolute Gasteiger partial charge is 0.251 e. The fourth-order valence-electron chi connectivity index (χ4n) is 2.57. The van der Waals surface area contributed by atoms with Gasteiger partial charge in [-0.3, -0.25) is 9.59 Å². The van der Waals surface area contributed by atoms with Crippen molar-refractivity contribution in [3.63, 3.8) is 0 Å². The predicted octanol–water partition coefficient (Wildman–Crippen LogP) is 3.80. The number of amides is 2. The summed E-state index contributed by atoms with van der Waals surface area (Å²) in [5.41, 5.74) is 1.41. The molecular weight excluding hydrogens is 312 g/mol. The number of rotatable bonds is 10. The van der Waals surface area contributed by atoms with Gasteiger partial charge in [0.25, 0.3) is 11.8 Å². The van der Waals surface area contributed by atoms with Crippen LogP contribution in [0.1, 0.15) is 52.8 Å². The molecule has 132 valence electrons. The lowest BCUT2D eigenvalue weighted by Gasteiger charge is -2.06. The molecule has 0 saturated carbocycles. The van der Waals surface area contributed by atoms with Crippen molar-refractivity contribution in [3.8, 4) is 0 Å². The minimum absolute atomic E-state index is 0.00998. The van der Waals surface area contributed by atoms with Crippen molar-refractivity contribution in [2.75, 3.05) is 13.1 Å². The van der Waals surface area contributed by atoms with Crippen molar-refractivity contribution >= 4 is 11.8 Å². The Labute approximate surface area is 149 Å². The van der Waals surface area contributed by atoms with Crippen LogP contribution in [0.15, 0.2) is 60.7 Å². The van der Waals surface area contributed by atoms with Crippen molar-refractivity contribution in [2.45, 2.75) is 32.1 Å². The topological polar surface area (TPSA) is 58.2 Å². The number of nitrogens with one attached hydrogen (secondary N) is 2. The molecule has 0 bridgehead atoms. The Bertz CT molecular complexity index is 584. The molecule has 4 nitrogen and oxygen atoms in total. The van der Waals surface area contributed by atoms with Crippen molar-refractivity contribution in [3.05, 3.63) is 71.8 Å². The zero-order valence-electron chi connectivity index (χ0n) is 14.5. The van der Waals surface area contributed by atoms with Gasteiger partial charge in [0.1, 0.15) is 0 Å². The summed E-state index contributed by atoms with van der Waals surface area (Å²) in [4.78, 5) is 23.7. The highest BCUT2D eigenvalue weighted by Gasteiger charge is 2.03. The quantitative estimate of drug-likeness (QED) is 0.648. The third-order valence-corrected chi connectivity index (χ3v) is 4.00. The highest BCUT2D eigenvalue weighted by atomic mass is 16.2. The molecule has 0 aliphatic heterocycles. The molecule has 2 N–H and O–H groups in total. The highest BCUT2D eigenvalue weighted by Crippen LogP contribution is 2.03. The molecule has 0 spiro atoms. The molecule has 2 rings (SSSR count). The van der Waals surface area contributed by atoms with Crippen molar-refractivity contribution in [1.29, 1.82) is 0 Å². The number of unbranched alkanes of at least 4 members (excludes halogenated alkanes) is 4. The van der Waals surface area contributed by atoms with Gasteiger partial charge in [0, 0.05) is 24.2 Å². The maximum atomic E-state index is 11.8. The first kappa shape index (κ1) is 18.7. The number of carbonyl (C=O) groups excluding carboxylic acids is 2. The average molecular weight is 338 g/mol. The summed E-state index contributed by atoms with van der Waals surface area (Å²) in [6, 6.07) is 18.5. The molecular formula is C21H26N2O2. The van der Waals surface area contributed by atoms with Gasteiger partial charge >= 0.3 is 0 Å². The van der Waals surface area contributed by atoms with Gasteiger partial charge in [0.2, 0.25) is 0 Å². The summed E-state index contributed by atoms with van der Waals surface area (Å²) in [7, 11) is 0. The van der Waals surface area contributed by atoms with E-state index in [2.05, 4.69) is 10.6 Å². The summed E-state index contributed by atoms with van der Waals surface area (Å²) in [5.74, 6) is -0.0200. The van der Waals surface area contributed by atoms with E-state index in [0.29, 0.717) is 24.2 Å². The summed E-state index contributed by atoms with van der Waals surface area (Å²) in [6.07, 6.45) is 5.25. The Morgan fingerprint density at radius 2 is 0.920 bits per heavy atom. The van der Waals surface area contributed by atoms with Crippen LogP contribution in [-0.4, -0.2) is 24.9 Å². The molecule has 0 aliphatic rings. The molecule has 25 heavy (non-hydrogen) atoms. The second-order valence-electron chi connectivity index (χ2n) is 6.01. The van der Waals surface area contributed by atoms with E-state index < -0.39 is 0 Å². The Morgan fingerprint density at radius 1 is 0.560 bits per heavy atom. The van der Waals surface area contributed by atoms with Crippen LogP contribution in [0.3, 0.4) is 0 Å². The van der Waals surface area contributed by atoms with Gasteiger partial charge in [-0.15, -0.1) is 0 Å². The number of hydrogen-bond acceptors (Lipinski definition) is 2. The molecule has 0 aromatic heterocycles. The van der Waals surface area contributed by atoms with E-state index in [4.69, 9.17) is 0 Å². The van der Waals surface area contributed by atoms with E-state index in [0.717, 1.165) is 32.1 Å². The molecule has 0 radical (unpaired) electrons. The lowest BCUT2D eigenvalue weighted by atomic mass is 10.1. The highest BCUT2D eigenvalue weighted by molar-refractivity contribution is 5.94. The minimum Gasteiger partial charge on any atom is -0.352 e. The molecule has 0 atom stereocenters. The third-order valence-electron chi connectivity index (χ3n) is 4.00. The molecule has 0 fully saturated rings. The van der Waals surface area contributed by atoms with E-state index in [1.165, 1.54) is 0 Å². The van der Waals surface area contributed by atoms with Crippen LogP contribution in [0.5, 0.6) is 0 Å². The van der Waals surface area contributed by atoms with E-state index in [1.54, 1.807) is 0 Å². The van der Waals surface area contributed by atoms with Gasteiger partial charge in [0.15, 0.2) is 0 Å². The maximum absolute atomic E-state index is 11.8. The molecule has 2 amide bonds. The van der Waals surface area contributed by atoms with Crippen LogP contribution in [0.25, 0.3) is 0 Å². The van der Waals surface area contributed by atoms with Gasteiger partial charge in [-0.25, -0.2) is 0 Å². The van der Waals surface area contributed by atoms with Crippen LogP contribution in [-0.2, 0) is 0 Å². The molecule has 2 aromatic rings. The molecule has 2 aromatic carbocycles. The number of carbonyl (C=O) groups is 2. The first-order valence-electron chi connectivity index (χ1n) is 8.94. The Balaban J connectivity index is 1.45. The second kappa shape index (κ2) is 11.0. The third kappa shape index (κ3) is 7.21. The summed E-state index contributed by atoms with van der Waals surface area (Å²) in [6.45, 7) is 1.41. The SMILES string of the molecule is O=C(NCCCCCCCNC(=O)c1ccccc1)c1ccccc1. The van der Waals surface area contributed by atoms with Gasteiger partial charge in [-0.05, 0) is 37.1 Å². The minimum atomic E-state index is -0.00998. The first-order valence-corrected chi connectivity index (χ1v) is 8.94. The summed E-state index contributed by atoms with van der Waals surface area (Å²) in [5, 5.41) is 5.88.